The zero-order chi connectivity index (χ0) is 14.7. The number of fused-ring (bicyclic) bond motifs is 1. The Bertz CT molecular complexity index is 502. The van der Waals surface area contributed by atoms with Crippen molar-refractivity contribution in [1.82, 2.24) is 25.4 Å². The third kappa shape index (κ3) is 3.95. The maximum Gasteiger partial charge on any atom is 0.191 e. The van der Waals surface area contributed by atoms with Crippen LogP contribution in [0.5, 0.6) is 0 Å². The van der Waals surface area contributed by atoms with E-state index in [1.165, 1.54) is 19.3 Å². The Morgan fingerprint density at radius 2 is 2.24 bits per heavy atom. The van der Waals surface area contributed by atoms with Crippen molar-refractivity contribution in [1.29, 1.82) is 0 Å². The lowest BCUT2D eigenvalue weighted by Crippen LogP contribution is -2.47. The van der Waals surface area contributed by atoms with E-state index in [2.05, 4.69) is 27.6 Å². The van der Waals surface area contributed by atoms with Crippen molar-refractivity contribution in [3.8, 4) is 0 Å². The van der Waals surface area contributed by atoms with Crippen LogP contribution in [0.15, 0.2) is 4.99 Å². The quantitative estimate of drug-likeness (QED) is 0.633. The molecular weight excluding hydrogens is 264 g/mol. The Hall–Kier alpha value is -1.59. The number of aromatic nitrogens is 3. The molecule has 21 heavy (non-hydrogen) atoms. The van der Waals surface area contributed by atoms with Gasteiger partial charge in [-0.15, -0.1) is 0 Å². The van der Waals surface area contributed by atoms with E-state index in [0.29, 0.717) is 6.04 Å². The van der Waals surface area contributed by atoms with Crippen LogP contribution in [0.25, 0.3) is 0 Å². The van der Waals surface area contributed by atoms with Gasteiger partial charge in [-0.1, -0.05) is 12.8 Å². The monoisotopic (exact) mass is 290 g/mol. The zero-order valence-electron chi connectivity index (χ0n) is 13.1. The number of hydrogen-bond donors (Lipinski definition) is 2. The molecule has 1 aromatic heterocycles. The molecule has 0 bridgehead atoms. The van der Waals surface area contributed by atoms with Gasteiger partial charge in [-0.05, 0) is 32.6 Å². The van der Waals surface area contributed by atoms with E-state index >= 15 is 0 Å². The third-order valence-electron chi connectivity index (χ3n) is 4.15. The second-order valence-electron chi connectivity index (χ2n) is 6.13. The number of hydrogen-bond acceptors (Lipinski definition) is 3. The Morgan fingerprint density at radius 3 is 3.00 bits per heavy atom. The Kier molecular flexibility index (Phi) is 4.41. The fraction of sp³-hybridized carbons (Fsp3) is 0.800. The topological polar surface area (TPSA) is 67.1 Å². The molecule has 6 nitrogen and oxygen atoms in total. The second kappa shape index (κ2) is 6.45. The van der Waals surface area contributed by atoms with Gasteiger partial charge in [0.25, 0.3) is 0 Å². The molecule has 0 saturated heterocycles. The first-order chi connectivity index (χ1) is 10.2. The molecule has 0 amide bonds. The largest absolute Gasteiger partial charge is 0.357 e. The van der Waals surface area contributed by atoms with Crippen LogP contribution in [0.2, 0.25) is 0 Å². The number of nitrogens with zero attached hydrogens (tertiary/aromatic N) is 4. The van der Waals surface area contributed by atoms with E-state index in [0.717, 1.165) is 56.0 Å². The van der Waals surface area contributed by atoms with Crippen LogP contribution >= 0.6 is 0 Å². The standard InChI is InChI=1S/C15H26N6/c1-3-16-15(17-9-8-12-4-5-12)19-13-6-7-14-18-11(2)20-21(14)10-13/h12-13H,3-10H2,1-2H3,(H2,16,17,19). The first-order valence-corrected chi connectivity index (χ1v) is 8.19. The fourth-order valence-electron chi connectivity index (χ4n) is 2.83. The predicted octanol–water partition coefficient (Wildman–Crippen LogP) is 1.26. The maximum absolute atomic E-state index is 4.70. The molecule has 1 atom stereocenters. The van der Waals surface area contributed by atoms with Gasteiger partial charge in [-0.3, -0.25) is 4.99 Å². The maximum atomic E-state index is 4.70. The minimum Gasteiger partial charge on any atom is -0.357 e. The van der Waals surface area contributed by atoms with Gasteiger partial charge in [0.05, 0.1) is 6.54 Å². The molecule has 1 aliphatic heterocycles. The third-order valence-corrected chi connectivity index (χ3v) is 4.15. The summed E-state index contributed by atoms with van der Waals surface area (Å²) >= 11 is 0. The predicted molar refractivity (Wildman–Crippen MR) is 83.3 cm³/mol. The van der Waals surface area contributed by atoms with Gasteiger partial charge in [0, 0.05) is 25.6 Å². The van der Waals surface area contributed by atoms with E-state index in [4.69, 9.17) is 4.99 Å². The summed E-state index contributed by atoms with van der Waals surface area (Å²) in [6.07, 6.45) is 6.10. The average molecular weight is 290 g/mol. The molecule has 2 aliphatic rings. The lowest BCUT2D eigenvalue weighted by atomic mass is 10.1. The Labute approximate surface area is 126 Å². The van der Waals surface area contributed by atoms with Gasteiger partial charge in [-0.25, -0.2) is 9.67 Å². The van der Waals surface area contributed by atoms with Gasteiger partial charge in [-0.2, -0.15) is 5.10 Å². The van der Waals surface area contributed by atoms with Crippen molar-refractivity contribution < 1.29 is 0 Å². The number of rotatable bonds is 5. The summed E-state index contributed by atoms with van der Waals surface area (Å²) in [7, 11) is 0. The molecule has 0 radical (unpaired) electrons. The highest BCUT2D eigenvalue weighted by molar-refractivity contribution is 5.80. The number of aryl methyl sites for hydroxylation is 2. The summed E-state index contributed by atoms with van der Waals surface area (Å²) in [6.45, 7) is 6.77. The van der Waals surface area contributed by atoms with Gasteiger partial charge in [0.2, 0.25) is 0 Å². The van der Waals surface area contributed by atoms with Crippen LogP contribution in [0, 0.1) is 12.8 Å². The molecule has 6 heteroatoms. The van der Waals surface area contributed by atoms with E-state index in [9.17, 15) is 0 Å². The minimum atomic E-state index is 0.386. The molecule has 1 aliphatic carbocycles. The highest BCUT2D eigenvalue weighted by Gasteiger charge is 2.22. The highest BCUT2D eigenvalue weighted by Crippen LogP contribution is 2.32. The van der Waals surface area contributed by atoms with Gasteiger partial charge in [0.1, 0.15) is 11.6 Å². The Balaban J connectivity index is 1.55. The van der Waals surface area contributed by atoms with Crippen LogP contribution in [-0.4, -0.2) is 39.9 Å². The molecule has 0 aromatic carbocycles. The Morgan fingerprint density at radius 1 is 1.38 bits per heavy atom. The summed E-state index contributed by atoms with van der Waals surface area (Å²) in [4.78, 5) is 9.15. The molecule has 3 rings (SSSR count). The number of aliphatic imine (C=N–C) groups is 1. The molecular formula is C15H26N6. The molecule has 1 aromatic rings. The van der Waals surface area contributed by atoms with E-state index in [-0.39, 0.29) is 0 Å². The van der Waals surface area contributed by atoms with Crippen molar-refractivity contribution in [2.75, 3.05) is 13.1 Å². The van der Waals surface area contributed by atoms with E-state index in [1.807, 2.05) is 11.6 Å². The van der Waals surface area contributed by atoms with Gasteiger partial charge >= 0.3 is 0 Å². The van der Waals surface area contributed by atoms with Crippen molar-refractivity contribution in [2.24, 2.45) is 10.9 Å². The van der Waals surface area contributed by atoms with Crippen molar-refractivity contribution in [2.45, 2.75) is 58.5 Å². The van der Waals surface area contributed by atoms with E-state index < -0.39 is 0 Å². The van der Waals surface area contributed by atoms with Crippen LogP contribution in [-0.2, 0) is 13.0 Å². The van der Waals surface area contributed by atoms with Crippen LogP contribution in [0.1, 0.15) is 44.3 Å². The lowest BCUT2D eigenvalue weighted by Gasteiger charge is -2.25. The molecule has 1 saturated carbocycles. The summed E-state index contributed by atoms with van der Waals surface area (Å²) in [6, 6.07) is 0.386. The number of guanidine groups is 1. The first-order valence-electron chi connectivity index (χ1n) is 8.19. The van der Waals surface area contributed by atoms with Crippen LogP contribution in [0.4, 0.5) is 0 Å². The molecule has 1 unspecified atom stereocenters. The van der Waals surface area contributed by atoms with Crippen LogP contribution < -0.4 is 10.6 Å². The highest BCUT2D eigenvalue weighted by atomic mass is 15.4. The van der Waals surface area contributed by atoms with Gasteiger partial charge < -0.3 is 10.6 Å². The summed E-state index contributed by atoms with van der Waals surface area (Å²) in [5.41, 5.74) is 0. The van der Waals surface area contributed by atoms with Gasteiger partial charge in [0.15, 0.2) is 5.96 Å². The minimum absolute atomic E-state index is 0.386. The average Bonchev–Trinajstić information content (AvgIpc) is 3.19. The number of nitrogens with one attached hydrogen (secondary N) is 2. The SMILES string of the molecule is CCNC(=NCCC1CC1)NC1CCc2nc(C)nn2C1. The normalized spacial score (nSPS) is 22.0. The fourth-order valence-corrected chi connectivity index (χ4v) is 2.83. The molecule has 2 heterocycles. The molecule has 2 N–H and O–H groups in total. The van der Waals surface area contributed by atoms with Crippen molar-refractivity contribution >= 4 is 5.96 Å². The zero-order valence-corrected chi connectivity index (χ0v) is 13.1. The molecule has 0 spiro atoms. The summed E-state index contributed by atoms with van der Waals surface area (Å²) < 4.78 is 2.03. The smallest absolute Gasteiger partial charge is 0.191 e. The second-order valence-corrected chi connectivity index (χ2v) is 6.13. The summed E-state index contributed by atoms with van der Waals surface area (Å²) in [5, 5.41) is 11.4. The molecule has 1 fully saturated rings. The van der Waals surface area contributed by atoms with Crippen molar-refractivity contribution in [3.63, 3.8) is 0 Å². The first kappa shape index (κ1) is 14.4. The lowest BCUT2D eigenvalue weighted by molar-refractivity contribution is 0.392. The summed E-state index contributed by atoms with van der Waals surface area (Å²) in [5.74, 6) is 3.87. The van der Waals surface area contributed by atoms with E-state index in [1.54, 1.807) is 0 Å². The molecule has 116 valence electrons. The van der Waals surface area contributed by atoms with Crippen molar-refractivity contribution in [3.05, 3.63) is 11.6 Å². The van der Waals surface area contributed by atoms with Crippen LogP contribution in [0.3, 0.4) is 0 Å².